The van der Waals surface area contributed by atoms with Crippen molar-refractivity contribution in [3.8, 4) is 5.75 Å². The fraction of sp³-hybridized carbons (Fsp3) is 0.680. The van der Waals surface area contributed by atoms with Gasteiger partial charge in [-0.3, -0.25) is 0 Å². The third kappa shape index (κ3) is 6.56. The molecule has 0 N–H and O–H groups in total. The van der Waals surface area contributed by atoms with Gasteiger partial charge in [0.15, 0.2) is 0 Å². The van der Waals surface area contributed by atoms with Crippen molar-refractivity contribution in [3.05, 3.63) is 41.4 Å². The largest absolute Gasteiger partial charge is 0.494 e. The highest BCUT2D eigenvalue weighted by molar-refractivity contribution is 6.25. The first-order valence-electron chi connectivity index (χ1n) is 11.3. The van der Waals surface area contributed by atoms with Crippen molar-refractivity contribution in [1.29, 1.82) is 0 Å². The van der Waals surface area contributed by atoms with E-state index in [0.29, 0.717) is 0 Å². The van der Waals surface area contributed by atoms with Crippen LogP contribution in [0.3, 0.4) is 0 Å². The van der Waals surface area contributed by atoms with Gasteiger partial charge >= 0.3 is 0 Å². The first-order valence-corrected chi connectivity index (χ1v) is 11.7. The zero-order chi connectivity index (χ0) is 18.9. The summed E-state index contributed by atoms with van der Waals surface area (Å²) in [5.74, 6) is 4.46. The van der Waals surface area contributed by atoms with Crippen LogP contribution in [0.1, 0.15) is 89.0 Å². The van der Waals surface area contributed by atoms with Gasteiger partial charge in [0.1, 0.15) is 5.75 Å². The molecule has 27 heavy (non-hydrogen) atoms. The van der Waals surface area contributed by atoms with E-state index < -0.39 is 0 Å². The van der Waals surface area contributed by atoms with Gasteiger partial charge in [0.25, 0.3) is 0 Å². The molecule has 150 valence electrons. The highest BCUT2D eigenvalue weighted by Crippen LogP contribution is 2.40. The summed E-state index contributed by atoms with van der Waals surface area (Å²) >= 11 is 5.73. The molecular weight excluding hydrogens is 352 g/mol. The lowest BCUT2D eigenvalue weighted by atomic mass is 9.74. The van der Waals surface area contributed by atoms with Crippen molar-refractivity contribution in [3.63, 3.8) is 0 Å². The average molecular weight is 389 g/mol. The number of ether oxygens (including phenoxy) is 1. The minimum atomic E-state index is 0.743. The van der Waals surface area contributed by atoms with E-state index in [4.69, 9.17) is 16.3 Å². The standard InChI is InChI=1S/C25H37ClO/c1-2-19-27-25-15-13-24(14-16-25)23-11-9-21(10-12-23)4-3-20-5-7-22(8-6-20)17-18-26/h13-18,20-23H,2-12,19H2,1H3. The van der Waals surface area contributed by atoms with E-state index in [2.05, 4.69) is 37.3 Å². The number of hydrogen-bond acceptors (Lipinski definition) is 1. The van der Waals surface area contributed by atoms with E-state index in [1.807, 2.05) is 0 Å². The van der Waals surface area contributed by atoms with Gasteiger partial charge in [0.05, 0.1) is 6.61 Å². The second-order valence-corrected chi connectivity index (χ2v) is 9.06. The van der Waals surface area contributed by atoms with Crippen molar-refractivity contribution in [2.45, 2.75) is 83.5 Å². The van der Waals surface area contributed by atoms with Gasteiger partial charge < -0.3 is 4.74 Å². The van der Waals surface area contributed by atoms with Gasteiger partial charge in [-0.25, -0.2) is 0 Å². The van der Waals surface area contributed by atoms with Crippen molar-refractivity contribution < 1.29 is 4.74 Å². The molecule has 0 atom stereocenters. The Hall–Kier alpha value is -0.950. The molecule has 1 aromatic carbocycles. The molecule has 1 nitrogen and oxygen atoms in total. The van der Waals surface area contributed by atoms with Crippen molar-refractivity contribution >= 4 is 11.6 Å². The highest BCUT2D eigenvalue weighted by atomic mass is 35.5. The van der Waals surface area contributed by atoms with Crippen LogP contribution in [0.25, 0.3) is 0 Å². The molecule has 0 saturated heterocycles. The number of hydrogen-bond donors (Lipinski definition) is 0. The van der Waals surface area contributed by atoms with Crippen LogP contribution in [0.15, 0.2) is 35.9 Å². The van der Waals surface area contributed by atoms with Crippen molar-refractivity contribution in [2.24, 2.45) is 17.8 Å². The van der Waals surface area contributed by atoms with Gasteiger partial charge in [-0.05, 0) is 99.2 Å². The molecule has 2 heteroatoms. The molecule has 0 unspecified atom stereocenters. The smallest absolute Gasteiger partial charge is 0.119 e. The number of rotatable bonds is 8. The van der Waals surface area contributed by atoms with Crippen molar-refractivity contribution in [2.75, 3.05) is 6.61 Å². The monoisotopic (exact) mass is 388 g/mol. The maximum Gasteiger partial charge on any atom is 0.119 e. The van der Waals surface area contributed by atoms with Crippen LogP contribution in [0, 0.1) is 17.8 Å². The number of halogens is 1. The Bertz CT molecular complexity index is 548. The molecule has 0 heterocycles. The zero-order valence-corrected chi connectivity index (χ0v) is 17.8. The summed E-state index contributed by atoms with van der Waals surface area (Å²) in [6.07, 6.45) is 17.3. The third-order valence-corrected chi connectivity index (χ3v) is 7.04. The van der Waals surface area contributed by atoms with E-state index >= 15 is 0 Å². The maximum atomic E-state index is 5.73. The minimum Gasteiger partial charge on any atom is -0.494 e. The molecule has 2 aliphatic carbocycles. The second-order valence-electron chi connectivity index (χ2n) is 8.81. The normalized spacial score (nSPS) is 29.1. The lowest BCUT2D eigenvalue weighted by molar-refractivity contribution is 0.246. The summed E-state index contributed by atoms with van der Waals surface area (Å²) in [5.41, 5.74) is 3.23. The van der Waals surface area contributed by atoms with Gasteiger partial charge in [0.2, 0.25) is 0 Å². The van der Waals surface area contributed by atoms with Gasteiger partial charge in [-0.15, -0.1) is 0 Å². The summed E-state index contributed by atoms with van der Waals surface area (Å²) in [5, 5.41) is 0. The van der Waals surface area contributed by atoms with Crippen LogP contribution in [0.4, 0.5) is 0 Å². The van der Waals surface area contributed by atoms with Gasteiger partial charge in [0, 0.05) is 5.54 Å². The predicted molar refractivity (Wildman–Crippen MR) is 117 cm³/mol. The Morgan fingerprint density at radius 2 is 1.48 bits per heavy atom. The molecule has 0 spiro atoms. The zero-order valence-electron chi connectivity index (χ0n) is 17.0. The topological polar surface area (TPSA) is 9.23 Å². The summed E-state index contributed by atoms with van der Waals surface area (Å²) in [6, 6.07) is 8.91. The second kappa shape index (κ2) is 11.1. The molecular formula is C25H37ClO. The van der Waals surface area contributed by atoms with Gasteiger partial charge in [-0.2, -0.15) is 0 Å². The lowest BCUT2D eigenvalue weighted by Crippen LogP contribution is -2.17. The van der Waals surface area contributed by atoms with Crippen LogP contribution in [-0.2, 0) is 0 Å². The highest BCUT2D eigenvalue weighted by Gasteiger charge is 2.24. The molecule has 0 radical (unpaired) electrons. The molecule has 2 saturated carbocycles. The minimum absolute atomic E-state index is 0.743. The van der Waals surface area contributed by atoms with Crippen LogP contribution < -0.4 is 4.74 Å². The predicted octanol–water partition coefficient (Wildman–Crippen LogP) is 8.09. The first kappa shape index (κ1) is 20.8. The maximum absolute atomic E-state index is 5.73. The van der Waals surface area contributed by atoms with Crippen molar-refractivity contribution in [1.82, 2.24) is 0 Å². The molecule has 3 rings (SSSR count). The fourth-order valence-corrected chi connectivity index (χ4v) is 5.29. The van der Waals surface area contributed by atoms with Crippen LogP contribution in [-0.4, -0.2) is 6.61 Å². The van der Waals surface area contributed by atoms with E-state index in [0.717, 1.165) is 42.4 Å². The first-order chi connectivity index (χ1) is 13.3. The molecule has 0 bridgehead atoms. The third-order valence-electron chi connectivity index (χ3n) is 6.89. The Balaban J connectivity index is 1.35. The Kier molecular flexibility index (Phi) is 8.58. The van der Waals surface area contributed by atoms with E-state index in [1.54, 1.807) is 5.54 Å². The molecule has 2 fully saturated rings. The molecule has 0 aliphatic heterocycles. The van der Waals surface area contributed by atoms with E-state index in [-0.39, 0.29) is 0 Å². The molecule has 0 amide bonds. The van der Waals surface area contributed by atoms with Crippen LogP contribution in [0.5, 0.6) is 5.75 Å². The fourth-order valence-electron chi connectivity index (χ4n) is 5.08. The summed E-state index contributed by atoms with van der Waals surface area (Å²) in [7, 11) is 0. The Labute approximate surface area is 171 Å². The number of allylic oxidation sites excluding steroid dienone is 1. The van der Waals surface area contributed by atoms with E-state index in [9.17, 15) is 0 Å². The summed E-state index contributed by atoms with van der Waals surface area (Å²) < 4.78 is 5.71. The number of benzene rings is 1. The quantitative estimate of drug-likeness (QED) is 0.437. The summed E-state index contributed by atoms with van der Waals surface area (Å²) in [6.45, 7) is 2.96. The summed E-state index contributed by atoms with van der Waals surface area (Å²) in [4.78, 5) is 0. The van der Waals surface area contributed by atoms with Crippen LogP contribution >= 0.6 is 11.6 Å². The molecule has 2 aliphatic rings. The van der Waals surface area contributed by atoms with Gasteiger partial charge in [-0.1, -0.05) is 49.6 Å². The average Bonchev–Trinajstić information content (AvgIpc) is 2.73. The Morgan fingerprint density at radius 3 is 2.04 bits per heavy atom. The Morgan fingerprint density at radius 1 is 0.889 bits per heavy atom. The lowest BCUT2D eigenvalue weighted by Gasteiger charge is -2.31. The van der Waals surface area contributed by atoms with Crippen LogP contribution in [0.2, 0.25) is 0 Å². The van der Waals surface area contributed by atoms with E-state index in [1.165, 1.54) is 69.8 Å². The molecule has 1 aromatic rings. The molecule has 0 aromatic heterocycles. The SMILES string of the molecule is CCCOc1ccc(C2CCC(CCC3CCC(C=CCl)CC3)CC2)cc1.